The predicted octanol–water partition coefficient (Wildman–Crippen LogP) is 2.76. The Balaban J connectivity index is 2.64. The van der Waals surface area contributed by atoms with Crippen LogP contribution in [0.25, 0.3) is 0 Å². The molecule has 1 rings (SSSR count). The molecule has 0 aliphatic heterocycles. The molecule has 0 atom stereocenters. The number of ether oxygens (including phenoxy) is 1. The first kappa shape index (κ1) is 17.4. The van der Waals surface area contributed by atoms with Crippen molar-refractivity contribution < 1.29 is 14.3 Å². The Morgan fingerprint density at radius 1 is 1.38 bits per heavy atom. The fraction of sp³-hybridized carbons (Fsp3) is 0.467. The van der Waals surface area contributed by atoms with Crippen molar-refractivity contribution in [3.8, 4) is 0 Å². The van der Waals surface area contributed by atoms with Gasteiger partial charge in [-0.05, 0) is 31.8 Å². The summed E-state index contributed by atoms with van der Waals surface area (Å²) in [6.45, 7) is 11.5. The fourth-order valence-corrected chi connectivity index (χ4v) is 2.60. The number of hydrogen-bond acceptors (Lipinski definition) is 5. The molecule has 1 aromatic rings. The van der Waals surface area contributed by atoms with Crippen LogP contribution in [-0.4, -0.2) is 43.0 Å². The average molecular weight is 310 g/mol. The highest BCUT2D eigenvalue weighted by Gasteiger charge is 2.17. The van der Waals surface area contributed by atoms with Gasteiger partial charge in [-0.1, -0.05) is 19.1 Å². The molecule has 0 unspecified atom stereocenters. The molecule has 5 nitrogen and oxygen atoms in total. The molecular formula is C15H22N2O3S. The summed E-state index contributed by atoms with van der Waals surface area (Å²) >= 11 is 1.31. The zero-order chi connectivity index (χ0) is 15.8. The topological polar surface area (TPSA) is 58.6 Å². The van der Waals surface area contributed by atoms with Crippen LogP contribution >= 0.6 is 11.3 Å². The van der Waals surface area contributed by atoms with Crippen LogP contribution < -0.4 is 5.32 Å². The van der Waals surface area contributed by atoms with E-state index in [0.29, 0.717) is 23.7 Å². The summed E-state index contributed by atoms with van der Waals surface area (Å²) < 4.78 is 4.96. The van der Waals surface area contributed by atoms with Gasteiger partial charge in [0, 0.05) is 6.54 Å². The third kappa shape index (κ3) is 5.69. The quantitative estimate of drug-likeness (QED) is 0.592. The number of nitrogens with zero attached hydrogens (tertiary/aromatic N) is 1. The van der Waals surface area contributed by atoms with Gasteiger partial charge in [-0.3, -0.25) is 9.69 Å². The average Bonchev–Trinajstić information content (AvgIpc) is 2.85. The van der Waals surface area contributed by atoms with E-state index in [2.05, 4.69) is 11.9 Å². The van der Waals surface area contributed by atoms with Crippen molar-refractivity contribution in [1.29, 1.82) is 0 Å². The molecule has 0 saturated heterocycles. The molecule has 1 amide bonds. The Morgan fingerprint density at radius 2 is 2.10 bits per heavy atom. The Labute approximate surface area is 129 Å². The summed E-state index contributed by atoms with van der Waals surface area (Å²) in [6, 6.07) is 1.66. The van der Waals surface area contributed by atoms with Crippen molar-refractivity contribution >= 4 is 28.2 Å². The molecule has 0 bridgehead atoms. The van der Waals surface area contributed by atoms with Crippen LogP contribution in [0.3, 0.4) is 0 Å². The maximum absolute atomic E-state index is 12.1. The summed E-state index contributed by atoms with van der Waals surface area (Å²) in [4.78, 5) is 25.8. The lowest BCUT2D eigenvalue weighted by molar-refractivity contribution is -0.117. The van der Waals surface area contributed by atoms with Gasteiger partial charge in [0.2, 0.25) is 5.91 Å². The van der Waals surface area contributed by atoms with Crippen LogP contribution in [0.15, 0.2) is 23.6 Å². The maximum Gasteiger partial charge on any atom is 0.341 e. The fourth-order valence-electron chi connectivity index (χ4n) is 1.81. The van der Waals surface area contributed by atoms with Crippen LogP contribution in [0.1, 0.15) is 31.1 Å². The van der Waals surface area contributed by atoms with Crippen molar-refractivity contribution in [3.05, 3.63) is 29.2 Å². The molecule has 0 spiro atoms. The van der Waals surface area contributed by atoms with Crippen LogP contribution in [0.4, 0.5) is 5.00 Å². The molecule has 21 heavy (non-hydrogen) atoms. The summed E-state index contributed by atoms with van der Waals surface area (Å²) in [5.41, 5.74) is 1.41. The Bertz CT molecular complexity index is 511. The zero-order valence-electron chi connectivity index (χ0n) is 12.8. The molecule has 116 valence electrons. The minimum Gasteiger partial charge on any atom is -0.462 e. The first-order valence-corrected chi connectivity index (χ1v) is 7.77. The van der Waals surface area contributed by atoms with Crippen molar-refractivity contribution in [2.24, 2.45) is 0 Å². The van der Waals surface area contributed by atoms with Crippen LogP contribution in [0.2, 0.25) is 0 Å². The maximum atomic E-state index is 12.1. The lowest BCUT2D eigenvalue weighted by Crippen LogP contribution is -2.34. The van der Waals surface area contributed by atoms with Crippen molar-refractivity contribution in [3.63, 3.8) is 0 Å². The Morgan fingerprint density at radius 3 is 2.67 bits per heavy atom. The highest BCUT2D eigenvalue weighted by molar-refractivity contribution is 7.14. The van der Waals surface area contributed by atoms with Gasteiger partial charge >= 0.3 is 5.97 Å². The van der Waals surface area contributed by atoms with Gasteiger partial charge in [0.05, 0.1) is 18.7 Å². The van der Waals surface area contributed by atoms with E-state index in [1.54, 1.807) is 18.4 Å². The van der Waals surface area contributed by atoms with Crippen molar-refractivity contribution in [1.82, 2.24) is 4.90 Å². The second-order valence-electron chi connectivity index (χ2n) is 4.69. The number of thiophene rings is 1. The van der Waals surface area contributed by atoms with E-state index in [1.165, 1.54) is 11.3 Å². The van der Waals surface area contributed by atoms with Crippen LogP contribution in [0, 0.1) is 0 Å². The predicted molar refractivity (Wildman–Crippen MR) is 85.8 cm³/mol. The number of anilines is 1. The van der Waals surface area contributed by atoms with Gasteiger partial charge in [-0.2, -0.15) is 0 Å². The highest BCUT2D eigenvalue weighted by atomic mass is 32.1. The number of hydrogen-bond donors (Lipinski definition) is 1. The number of nitrogens with one attached hydrogen (secondary N) is 1. The molecule has 1 aromatic heterocycles. The summed E-state index contributed by atoms with van der Waals surface area (Å²) in [5.74, 6) is -0.561. The van der Waals surface area contributed by atoms with Gasteiger partial charge in [0.25, 0.3) is 0 Å². The molecule has 1 N–H and O–H groups in total. The van der Waals surface area contributed by atoms with Gasteiger partial charge in [0.1, 0.15) is 5.00 Å². The second-order valence-corrected chi connectivity index (χ2v) is 5.61. The minimum atomic E-state index is -0.414. The molecule has 0 aliphatic carbocycles. The van der Waals surface area contributed by atoms with E-state index in [4.69, 9.17) is 4.74 Å². The number of rotatable bonds is 8. The van der Waals surface area contributed by atoms with Gasteiger partial charge in [-0.15, -0.1) is 11.3 Å². The first-order chi connectivity index (χ1) is 9.97. The third-order valence-electron chi connectivity index (χ3n) is 2.72. The first-order valence-electron chi connectivity index (χ1n) is 6.89. The Kier molecular flexibility index (Phi) is 7.11. The highest BCUT2D eigenvalue weighted by Crippen LogP contribution is 2.24. The number of likely N-dealkylation sites (N-methyl/N-ethyl adjacent to an activating group) is 1. The smallest absolute Gasteiger partial charge is 0.341 e. The Hall–Kier alpha value is -1.66. The van der Waals surface area contributed by atoms with E-state index in [9.17, 15) is 9.59 Å². The normalized spacial score (nSPS) is 10.5. The lowest BCUT2D eigenvalue weighted by atomic mass is 10.3. The molecule has 0 saturated carbocycles. The number of esters is 1. The summed E-state index contributed by atoms with van der Waals surface area (Å²) in [5, 5.41) is 5.06. The van der Waals surface area contributed by atoms with E-state index in [1.807, 2.05) is 18.7 Å². The van der Waals surface area contributed by atoms with E-state index >= 15 is 0 Å². The standard InChI is InChI=1S/C15H22N2O3S/c1-5-17(9-11(3)4)10-13(18)16-14-12(7-8-21-14)15(19)20-6-2/h7-8H,3,5-6,9-10H2,1-2,4H3,(H,16,18). The lowest BCUT2D eigenvalue weighted by Gasteiger charge is -2.19. The second kappa shape index (κ2) is 8.59. The van der Waals surface area contributed by atoms with Crippen molar-refractivity contribution in [2.45, 2.75) is 20.8 Å². The molecule has 1 heterocycles. The van der Waals surface area contributed by atoms with E-state index < -0.39 is 5.97 Å². The summed E-state index contributed by atoms with van der Waals surface area (Å²) in [7, 11) is 0. The van der Waals surface area contributed by atoms with Crippen LogP contribution in [0.5, 0.6) is 0 Å². The monoisotopic (exact) mass is 310 g/mol. The van der Waals surface area contributed by atoms with E-state index in [0.717, 1.165) is 12.1 Å². The number of amides is 1. The molecule has 0 aliphatic rings. The van der Waals surface area contributed by atoms with E-state index in [-0.39, 0.29) is 12.5 Å². The molecule has 0 fully saturated rings. The van der Waals surface area contributed by atoms with Crippen LogP contribution in [-0.2, 0) is 9.53 Å². The van der Waals surface area contributed by atoms with Gasteiger partial charge < -0.3 is 10.1 Å². The minimum absolute atomic E-state index is 0.147. The zero-order valence-corrected chi connectivity index (χ0v) is 13.6. The van der Waals surface area contributed by atoms with Gasteiger partial charge in [-0.25, -0.2) is 4.79 Å². The molecule has 0 aromatic carbocycles. The third-order valence-corrected chi connectivity index (χ3v) is 3.55. The largest absolute Gasteiger partial charge is 0.462 e. The molecule has 6 heteroatoms. The summed E-state index contributed by atoms with van der Waals surface area (Å²) in [6.07, 6.45) is 0. The molecular weight excluding hydrogens is 288 g/mol. The number of carbonyl (C=O) groups is 2. The molecule has 0 radical (unpaired) electrons. The number of carbonyl (C=O) groups excluding carboxylic acids is 2. The van der Waals surface area contributed by atoms with Crippen molar-refractivity contribution in [2.75, 3.05) is 31.6 Å². The van der Waals surface area contributed by atoms with Gasteiger partial charge in [0.15, 0.2) is 0 Å². The SMILES string of the molecule is C=C(C)CN(CC)CC(=O)Nc1sccc1C(=O)OCC.